The summed E-state index contributed by atoms with van der Waals surface area (Å²) in [6, 6.07) is 18.2. The summed E-state index contributed by atoms with van der Waals surface area (Å²) in [6.07, 6.45) is 0. The Morgan fingerprint density at radius 1 is 1.15 bits per heavy atom. The van der Waals surface area contributed by atoms with Crippen LogP contribution >= 0.6 is 11.8 Å². The van der Waals surface area contributed by atoms with Crippen LogP contribution < -0.4 is 5.32 Å². The van der Waals surface area contributed by atoms with Gasteiger partial charge in [0, 0.05) is 11.4 Å². The van der Waals surface area contributed by atoms with Crippen molar-refractivity contribution in [2.75, 3.05) is 0 Å². The van der Waals surface area contributed by atoms with Crippen LogP contribution in [0.5, 0.6) is 0 Å². The first kappa shape index (κ1) is 14.7. The predicted octanol–water partition coefficient (Wildman–Crippen LogP) is 3.79. The van der Waals surface area contributed by atoms with Crippen LogP contribution in [-0.4, -0.2) is 11.2 Å². The molecule has 0 unspecified atom stereocenters. The molecular weight excluding hydrogens is 266 g/mol. The molecule has 3 heteroatoms. The molecule has 0 aliphatic heterocycles. The van der Waals surface area contributed by atoms with Crippen molar-refractivity contribution in [2.45, 2.75) is 30.5 Å². The Morgan fingerprint density at radius 3 is 2.60 bits per heavy atom. The molecule has 0 spiro atoms. The lowest BCUT2D eigenvalue weighted by molar-refractivity contribution is -0.120. The van der Waals surface area contributed by atoms with E-state index in [0.717, 1.165) is 10.5 Å². The van der Waals surface area contributed by atoms with E-state index < -0.39 is 0 Å². The van der Waals surface area contributed by atoms with Gasteiger partial charge in [0.05, 0.1) is 5.25 Å². The molecule has 0 saturated heterocycles. The van der Waals surface area contributed by atoms with E-state index in [1.54, 1.807) is 11.8 Å². The third-order valence-electron chi connectivity index (χ3n) is 2.97. The maximum Gasteiger partial charge on any atom is 0.233 e. The van der Waals surface area contributed by atoms with E-state index in [4.69, 9.17) is 0 Å². The van der Waals surface area contributed by atoms with Crippen molar-refractivity contribution in [1.29, 1.82) is 0 Å². The van der Waals surface area contributed by atoms with Gasteiger partial charge < -0.3 is 5.32 Å². The molecule has 0 fully saturated rings. The van der Waals surface area contributed by atoms with Crippen LogP contribution in [0, 0.1) is 6.92 Å². The number of benzene rings is 2. The molecule has 1 amide bonds. The van der Waals surface area contributed by atoms with E-state index >= 15 is 0 Å². The molecule has 2 rings (SSSR count). The molecule has 0 heterocycles. The first-order valence-electron chi connectivity index (χ1n) is 6.70. The summed E-state index contributed by atoms with van der Waals surface area (Å²) >= 11 is 1.58. The van der Waals surface area contributed by atoms with E-state index in [9.17, 15) is 4.79 Å². The van der Waals surface area contributed by atoms with Crippen molar-refractivity contribution in [3.05, 3.63) is 65.7 Å². The van der Waals surface area contributed by atoms with Gasteiger partial charge in [0.1, 0.15) is 0 Å². The molecule has 104 valence electrons. The Morgan fingerprint density at radius 2 is 1.90 bits per heavy atom. The minimum Gasteiger partial charge on any atom is -0.351 e. The highest BCUT2D eigenvalue weighted by Crippen LogP contribution is 2.22. The van der Waals surface area contributed by atoms with E-state index in [-0.39, 0.29) is 11.2 Å². The maximum absolute atomic E-state index is 12.1. The second-order valence-corrected chi connectivity index (χ2v) is 6.19. The van der Waals surface area contributed by atoms with Crippen LogP contribution in [0.2, 0.25) is 0 Å². The molecule has 0 aliphatic rings. The highest BCUT2D eigenvalue weighted by atomic mass is 32.2. The zero-order valence-corrected chi connectivity index (χ0v) is 12.6. The van der Waals surface area contributed by atoms with Gasteiger partial charge in [-0.25, -0.2) is 0 Å². The number of amides is 1. The number of aryl methyl sites for hydroxylation is 1. The molecule has 0 bridgehead atoms. The average molecular weight is 285 g/mol. The summed E-state index contributed by atoms with van der Waals surface area (Å²) in [5.41, 5.74) is 2.35. The van der Waals surface area contributed by atoms with Gasteiger partial charge in [0.15, 0.2) is 0 Å². The molecule has 2 aromatic carbocycles. The Hall–Kier alpha value is -1.74. The summed E-state index contributed by atoms with van der Waals surface area (Å²) < 4.78 is 0. The van der Waals surface area contributed by atoms with Gasteiger partial charge in [-0.1, -0.05) is 48.0 Å². The van der Waals surface area contributed by atoms with Crippen LogP contribution in [0.4, 0.5) is 0 Å². The number of hydrogen-bond donors (Lipinski definition) is 1. The minimum atomic E-state index is -0.0952. The molecule has 20 heavy (non-hydrogen) atoms. The largest absolute Gasteiger partial charge is 0.351 e. The van der Waals surface area contributed by atoms with Gasteiger partial charge in [0.25, 0.3) is 0 Å². The third kappa shape index (κ3) is 4.42. The molecule has 2 nitrogen and oxygen atoms in total. The van der Waals surface area contributed by atoms with Crippen molar-refractivity contribution >= 4 is 17.7 Å². The first-order chi connectivity index (χ1) is 9.65. The van der Waals surface area contributed by atoms with Gasteiger partial charge in [-0.2, -0.15) is 0 Å². The van der Waals surface area contributed by atoms with Gasteiger partial charge in [-0.15, -0.1) is 11.8 Å². The fourth-order valence-corrected chi connectivity index (χ4v) is 2.82. The Kier molecular flexibility index (Phi) is 5.24. The van der Waals surface area contributed by atoms with Gasteiger partial charge in [-0.3, -0.25) is 4.79 Å². The van der Waals surface area contributed by atoms with Crippen LogP contribution in [-0.2, 0) is 11.3 Å². The topological polar surface area (TPSA) is 29.1 Å². The number of nitrogens with one attached hydrogen (secondary N) is 1. The number of thioether (sulfide) groups is 1. The number of carbonyl (C=O) groups is 1. The summed E-state index contributed by atoms with van der Waals surface area (Å²) in [5.74, 6) is 0.0698. The lowest BCUT2D eigenvalue weighted by Gasteiger charge is -2.12. The fourth-order valence-electron chi connectivity index (χ4n) is 1.91. The molecule has 0 aliphatic carbocycles. The number of carbonyl (C=O) groups excluding carboxylic acids is 1. The molecule has 0 saturated carbocycles. The first-order valence-corrected chi connectivity index (χ1v) is 7.58. The highest BCUT2D eigenvalue weighted by Gasteiger charge is 2.13. The smallest absolute Gasteiger partial charge is 0.233 e. The quantitative estimate of drug-likeness (QED) is 0.847. The molecular formula is C17H19NOS. The number of hydrogen-bond acceptors (Lipinski definition) is 2. The van der Waals surface area contributed by atoms with E-state index in [2.05, 4.69) is 24.4 Å². The Bertz CT molecular complexity index is 568. The SMILES string of the molecule is Cc1cccc(CNC(=O)[C@@H](C)Sc2ccccc2)c1. The second-order valence-electron chi connectivity index (χ2n) is 4.78. The van der Waals surface area contributed by atoms with Crippen molar-refractivity contribution in [3.8, 4) is 0 Å². The van der Waals surface area contributed by atoms with Crippen molar-refractivity contribution in [3.63, 3.8) is 0 Å². The molecule has 2 aromatic rings. The summed E-state index contributed by atoms with van der Waals surface area (Å²) in [5, 5.41) is 2.89. The minimum absolute atomic E-state index is 0.0698. The van der Waals surface area contributed by atoms with Gasteiger partial charge >= 0.3 is 0 Å². The molecule has 0 aromatic heterocycles. The Balaban J connectivity index is 1.85. The average Bonchev–Trinajstić information content (AvgIpc) is 2.46. The lowest BCUT2D eigenvalue weighted by atomic mass is 10.1. The van der Waals surface area contributed by atoms with Gasteiger partial charge in [0.2, 0.25) is 5.91 Å². The van der Waals surface area contributed by atoms with Crippen molar-refractivity contribution in [2.24, 2.45) is 0 Å². The van der Waals surface area contributed by atoms with E-state index in [1.807, 2.05) is 49.4 Å². The summed E-state index contributed by atoms with van der Waals surface area (Å²) in [4.78, 5) is 13.2. The standard InChI is InChI=1S/C17H19NOS/c1-13-7-6-8-15(11-13)12-18-17(19)14(2)20-16-9-4-3-5-10-16/h3-11,14H,12H2,1-2H3,(H,18,19)/t14-/m1/s1. The third-order valence-corrected chi connectivity index (χ3v) is 4.09. The Labute approximate surface area is 124 Å². The van der Waals surface area contributed by atoms with Gasteiger partial charge in [-0.05, 0) is 31.5 Å². The zero-order chi connectivity index (χ0) is 14.4. The van der Waals surface area contributed by atoms with E-state index in [0.29, 0.717) is 6.54 Å². The van der Waals surface area contributed by atoms with Crippen LogP contribution in [0.1, 0.15) is 18.1 Å². The highest BCUT2D eigenvalue weighted by molar-refractivity contribution is 8.00. The monoisotopic (exact) mass is 285 g/mol. The molecule has 0 radical (unpaired) electrons. The summed E-state index contributed by atoms with van der Waals surface area (Å²) in [6.45, 7) is 4.57. The normalized spacial score (nSPS) is 11.9. The predicted molar refractivity (Wildman–Crippen MR) is 84.8 cm³/mol. The number of rotatable bonds is 5. The van der Waals surface area contributed by atoms with Crippen molar-refractivity contribution in [1.82, 2.24) is 5.32 Å². The van der Waals surface area contributed by atoms with Crippen LogP contribution in [0.25, 0.3) is 0 Å². The zero-order valence-electron chi connectivity index (χ0n) is 11.8. The summed E-state index contributed by atoms with van der Waals surface area (Å²) in [7, 11) is 0. The van der Waals surface area contributed by atoms with Crippen molar-refractivity contribution < 1.29 is 4.79 Å². The van der Waals surface area contributed by atoms with E-state index in [1.165, 1.54) is 5.56 Å². The lowest BCUT2D eigenvalue weighted by Crippen LogP contribution is -2.30. The van der Waals surface area contributed by atoms with Crippen LogP contribution in [0.3, 0.4) is 0 Å². The van der Waals surface area contributed by atoms with Crippen LogP contribution in [0.15, 0.2) is 59.5 Å². The second kappa shape index (κ2) is 7.15. The molecule has 1 N–H and O–H groups in total. The molecule has 1 atom stereocenters. The maximum atomic E-state index is 12.1. The fraction of sp³-hybridized carbons (Fsp3) is 0.235.